The topological polar surface area (TPSA) is 195 Å². The first-order valence-electron chi connectivity index (χ1n) is 14.5. The minimum Gasteiger partial charge on any atom is -0.442 e. The molecule has 15 nitrogen and oxygen atoms in total. The summed E-state index contributed by atoms with van der Waals surface area (Å²) in [7, 11) is 0. The van der Waals surface area contributed by atoms with Gasteiger partial charge in [0.05, 0.1) is 16.9 Å². The van der Waals surface area contributed by atoms with E-state index in [0.717, 1.165) is 4.68 Å². The van der Waals surface area contributed by atoms with Crippen LogP contribution in [-0.4, -0.2) is 65.4 Å². The highest BCUT2D eigenvalue weighted by atomic mass is 35.5. The molecule has 246 valence electrons. The van der Waals surface area contributed by atoms with Crippen molar-refractivity contribution >= 4 is 46.8 Å². The van der Waals surface area contributed by atoms with Crippen LogP contribution in [0.2, 0.25) is 5.02 Å². The first kappa shape index (κ1) is 33.3. The number of aromatic amines is 1. The van der Waals surface area contributed by atoms with Gasteiger partial charge in [-0.2, -0.15) is 9.36 Å². The maximum Gasteiger partial charge on any atom is 0.436 e. The van der Waals surface area contributed by atoms with Gasteiger partial charge in [0.1, 0.15) is 18.0 Å². The van der Waals surface area contributed by atoms with Crippen molar-refractivity contribution in [3.05, 3.63) is 106 Å². The Balaban J connectivity index is 1.38. The van der Waals surface area contributed by atoms with Crippen molar-refractivity contribution in [1.82, 2.24) is 35.3 Å². The van der Waals surface area contributed by atoms with E-state index in [1.807, 2.05) is 0 Å². The molecule has 16 heteroatoms. The lowest BCUT2D eigenvalue weighted by molar-refractivity contribution is -0.137. The van der Waals surface area contributed by atoms with Crippen LogP contribution in [0.1, 0.15) is 26.3 Å². The molecule has 3 aromatic carbocycles. The van der Waals surface area contributed by atoms with Crippen molar-refractivity contribution in [2.24, 2.45) is 0 Å². The number of carbonyl (C=O) groups is 4. The van der Waals surface area contributed by atoms with E-state index in [9.17, 15) is 24.0 Å². The highest BCUT2D eigenvalue weighted by molar-refractivity contribution is 6.40. The molecule has 2 aromatic heterocycles. The van der Waals surface area contributed by atoms with Gasteiger partial charge in [0.25, 0.3) is 5.56 Å². The number of anilines is 2. The van der Waals surface area contributed by atoms with Gasteiger partial charge in [0, 0.05) is 28.9 Å². The number of amides is 3. The molecule has 0 saturated heterocycles. The number of benzene rings is 3. The summed E-state index contributed by atoms with van der Waals surface area (Å²) in [4.78, 5) is 65.8. The van der Waals surface area contributed by atoms with Gasteiger partial charge < -0.3 is 20.7 Å². The van der Waals surface area contributed by atoms with Crippen molar-refractivity contribution in [3.63, 3.8) is 0 Å². The monoisotopic (exact) mass is 671 g/mol. The Morgan fingerprint density at radius 1 is 0.917 bits per heavy atom. The second-order valence-electron chi connectivity index (χ2n) is 11.4. The number of carbonyl (C=O) groups excluding carboxylic acids is 4. The molecule has 0 fully saturated rings. The summed E-state index contributed by atoms with van der Waals surface area (Å²) in [5.41, 5.74) is 0.262. The second-order valence-corrected chi connectivity index (χ2v) is 11.9. The highest BCUT2D eigenvalue weighted by Gasteiger charge is 2.27. The van der Waals surface area contributed by atoms with E-state index in [1.54, 1.807) is 87.5 Å². The van der Waals surface area contributed by atoms with E-state index in [2.05, 4.69) is 36.6 Å². The number of nitrogens with one attached hydrogen (secondary N) is 4. The summed E-state index contributed by atoms with van der Waals surface area (Å²) in [5, 5.41) is 21.6. The predicted molar refractivity (Wildman–Crippen MR) is 176 cm³/mol. The number of rotatable bonds is 8. The smallest absolute Gasteiger partial charge is 0.436 e. The number of H-pyrrole nitrogens is 1. The molecule has 2 heterocycles. The van der Waals surface area contributed by atoms with Crippen molar-refractivity contribution < 1.29 is 23.9 Å². The SMILES string of the molecule is CC(C)(C)OC(=O)n1[nH]cc(-c2ccccc2NC(=O)C(Cc2ccccc2)NC(=O)C(=O)Nc2cc(Cl)ccc2-n2cnnn2)c1=O. The summed E-state index contributed by atoms with van der Waals surface area (Å²) >= 11 is 6.13. The lowest BCUT2D eigenvalue weighted by Gasteiger charge is -2.20. The number of ether oxygens (including phenoxy) is 1. The van der Waals surface area contributed by atoms with Crippen LogP contribution in [0.15, 0.2) is 90.1 Å². The van der Waals surface area contributed by atoms with E-state index in [1.165, 1.54) is 23.3 Å². The Bertz CT molecular complexity index is 2020. The fraction of sp³-hybridized carbons (Fsp3) is 0.188. The van der Waals surface area contributed by atoms with E-state index in [0.29, 0.717) is 16.8 Å². The van der Waals surface area contributed by atoms with Crippen LogP contribution in [0.5, 0.6) is 0 Å². The van der Waals surface area contributed by atoms with E-state index >= 15 is 0 Å². The quantitative estimate of drug-likeness (QED) is 0.178. The zero-order valence-electron chi connectivity index (χ0n) is 25.9. The minimum atomic E-state index is -1.23. The first-order valence-corrected chi connectivity index (χ1v) is 14.9. The average Bonchev–Trinajstić information content (AvgIpc) is 3.71. The van der Waals surface area contributed by atoms with Gasteiger partial charge in [-0.3, -0.25) is 24.3 Å². The second kappa shape index (κ2) is 14.1. The van der Waals surface area contributed by atoms with Crippen molar-refractivity contribution in [2.45, 2.75) is 38.8 Å². The molecule has 0 aliphatic heterocycles. The molecule has 0 aliphatic carbocycles. The van der Waals surface area contributed by atoms with Crippen molar-refractivity contribution in [1.29, 1.82) is 0 Å². The summed E-state index contributed by atoms with van der Waals surface area (Å²) in [6.07, 6.45) is 1.75. The van der Waals surface area contributed by atoms with Gasteiger partial charge in [-0.05, 0) is 61.0 Å². The van der Waals surface area contributed by atoms with Crippen LogP contribution in [0.4, 0.5) is 16.2 Å². The average molecular weight is 672 g/mol. The van der Waals surface area contributed by atoms with Crippen molar-refractivity contribution in [3.8, 4) is 16.8 Å². The lowest BCUT2D eigenvalue weighted by atomic mass is 10.0. The van der Waals surface area contributed by atoms with Gasteiger partial charge in [0.15, 0.2) is 0 Å². The molecule has 0 saturated carbocycles. The number of hydrogen-bond acceptors (Lipinski definition) is 9. The summed E-state index contributed by atoms with van der Waals surface area (Å²) < 4.78 is 7.30. The number of aromatic nitrogens is 6. The van der Waals surface area contributed by atoms with Gasteiger partial charge in [-0.25, -0.2) is 4.79 Å². The molecule has 5 rings (SSSR count). The molecule has 3 amide bonds. The Hall–Kier alpha value is -6.09. The molecule has 0 spiro atoms. The standard InChI is InChI=1S/C32H30ClN9O6/c1-32(2,3)48-31(47)42-30(46)22(17-35-42)21-11-7-8-12-23(21)36-27(43)25(15-19-9-5-4-6-10-19)38-29(45)28(44)37-24-16-20(33)13-14-26(24)41-18-34-39-40-41/h4-14,16-18,25,35H,15H2,1-3H3,(H,36,43)(H,37,44)(H,38,45). The van der Waals surface area contributed by atoms with Crippen LogP contribution in [0.25, 0.3) is 16.8 Å². The summed E-state index contributed by atoms with van der Waals surface area (Å²) in [5.74, 6) is -2.85. The molecule has 1 unspecified atom stereocenters. The maximum atomic E-state index is 13.8. The zero-order valence-corrected chi connectivity index (χ0v) is 26.7. The Morgan fingerprint density at radius 2 is 1.65 bits per heavy atom. The zero-order chi connectivity index (χ0) is 34.4. The van der Waals surface area contributed by atoms with Crippen LogP contribution >= 0.6 is 11.6 Å². The molecule has 0 radical (unpaired) electrons. The van der Waals surface area contributed by atoms with Gasteiger partial charge in [0.2, 0.25) is 5.91 Å². The molecule has 4 N–H and O–H groups in total. The Morgan fingerprint density at radius 3 is 2.35 bits per heavy atom. The van der Waals surface area contributed by atoms with Gasteiger partial charge in [-0.15, -0.1) is 5.10 Å². The van der Waals surface area contributed by atoms with Crippen molar-refractivity contribution in [2.75, 3.05) is 10.6 Å². The van der Waals surface area contributed by atoms with Crippen LogP contribution in [0, 0.1) is 0 Å². The first-order chi connectivity index (χ1) is 22.9. The highest BCUT2D eigenvalue weighted by Crippen LogP contribution is 2.26. The normalized spacial score (nSPS) is 11.8. The van der Waals surface area contributed by atoms with Gasteiger partial charge in [-0.1, -0.05) is 60.1 Å². The fourth-order valence-electron chi connectivity index (χ4n) is 4.59. The van der Waals surface area contributed by atoms with E-state index in [4.69, 9.17) is 16.3 Å². The number of tetrazole rings is 1. The number of nitrogens with zero attached hydrogens (tertiary/aromatic N) is 5. The molecule has 1 atom stereocenters. The molecule has 0 bridgehead atoms. The van der Waals surface area contributed by atoms with E-state index < -0.39 is 41.0 Å². The fourth-order valence-corrected chi connectivity index (χ4v) is 4.77. The number of para-hydroxylation sites is 1. The van der Waals surface area contributed by atoms with Crippen LogP contribution < -0.4 is 21.5 Å². The molecule has 0 aliphatic rings. The Labute approximate surface area is 278 Å². The third kappa shape index (κ3) is 8.00. The molecular weight excluding hydrogens is 642 g/mol. The third-order valence-electron chi connectivity index (χ3n) is 6.74. The molecule has 48 heavy (non-hydrogen) atoms. The molecule has 5 aromatic rings. The predicted octanol–water partition coefficient (Wildman–Crippen LogP) is 3.56. The third-order valence-corrected chi connectivity index (χ3v) is 6.97. The Kier molecular flexibility index (Phi) is 9.80. The maximum absolute atomic E-state index is 13.8. The van der Waals surface area contributed by atoms with E-state index in [-0.39, 0.29) is 28.4 Å². The summed E-state index contributed by atoms with van der Waals surface area (Å²) in [6, 6.07) is 18.6. The van der Waals surface area contributed by atoms with Gasteiger partial charge >= 0.3 is 17.9 Å². The largest absolute Gasteiger partial charge is 0.442 e. The minimum absolute atomic E-state index is 0.0243. The number of halogens is 1. The summed E-state index contributed by atoms with van der Waals surface area (Å²) in [6.45, 7) is 5.01. The number of hydrogen-bond donors (Lipinski definition) is 4. The van der Waals surface area contributed by atoms with Crippen LogP contribution in [0.3, 0.4) is 0 Å². The molecular formula is C32H30ClN9O6. The lowest BCUT2D eigenvalue weighted by Crippen LogP contribution is -2.49. The van der Waals surface area contributed by atoms with Crippen LogP contribution in [-0.2, 0) is 25.5 Å².